The van der Waals surface area contributed by atoms with Crippen molar-refractivity contribution >= 4 is 23.1 Å². The summed E-state index contributed by atoms with van der Waals surface area (Å²) in [4.78, 5) is 28.7. The number of hydrogen-bond donors (Lipinski definition) is 0. The van der Waals surface area contributed by atoms with Crippen molar-refractivity contribution in [1.29, 1.82) is 0 Å². The van der Waals surface area contributed by atoms with E-state index in [4.69, 9.17) is 9.72 Å². The van der Waals surface area contributed by atoms with Gasteiger partial charge in [0.2, 0.25) is 5.91 Å². The summed E-state index contributed by atoms with van der Waals surface area (Å²) in [5.74, 6) is 1.12. The molecule has 5 rings (SSSR count). The molecule has 0 radical (unpaired) electrons. The Morgan fingerprint density at radius 1 is 1.00 bits per heavy atom. The molecule has 0 bridgehead atoms. The van der Waals surface area contributed by atoms with Crippen LogP contribution < -0.4 is 4.90 Å². The van der Waals surface area contributed by atoms with Crippen LogP contribution in [-0.2, 0) is 22.5 Å². The SMILES string of the molecule is O=C(Cc1csc(-c2cccc(CN3CCOCC3)c2)n1)N1CCN(c2ccccn2)CC1. The van der Waals surface area contributed by atoms with Crippen LogP contribution in [0.2, 0.25) is 0 Å². The molecule has 2 aliphatic heterocycles. The first-order valence-electron chi connectivity index (χ1n) is 11.5. The van der Waals surface area contributed by atoms with Crippen molar-refractivity contribution < 1.29 is 9.53 Å². The van der Waals surface area contributed by atoms with Crippen molar-refractivity contribution in [3.63, 3.8) is 0 Å². The van der Waals surface area contributed by atoms with Gasteiger partial charge >= 0.3 is 0 Å². The van der Waals surface area contributed by atoms with Crippen molar-refractivity contribution in [3.8, 4) is 10.6 Å². The number of ether oxygens (including phenoxy) is 1. The summed E-state index contributed by atoms with van der Waals surface area (Å²) < 4.78 is 5.45. The van der Waals surface area contributed by atoms with Crippen LogP contribution in [0.25, 0.3) is 10.6 Å². The first kappa shape index (κ1) is 22.0. The average Bonchev–Trinajstić information content (AvgIpc) is 3.34. The molecule has 172 valence electrons. The zero-order chi connectivity index (χ0) is 22.5. The fourth-order valence-corrected chi connectivity index (χ4v) is 5.15. The zero-order valence-corrected chi connectivity index (χ0v) is 19.5. The highest BCUT2D eigenvalue weighted by molar-refractivity contribution is 7.13. The minimum Gasteiger partial charge on any atom is -0.379 e. The predicted molar refractivity (Wildman–Crippen MR) is 130 cm³/mol. The van der Waals surface area contributed by atoms with Crippen LogP contribution in [0, 0.1) is 0 Å². The van der Waals surface area contributed by atoms with Crippen molar-refractivity contribution in [2.45, 2.75) is 13.0 Å². The summed E-state index contributed by atoms with van der Waals surface area (Å²) in [5.41, 5.74) is 3.26. The summed E-state index contributed by atoms with van der Waals surface area (Å²) in [6.07, 6.45) is 2.17. The van der Waals surface area contributed by atoms with Gasteiger partial charge in [-0.05, 0) is 23.8 Å². The molecule has 4 heterocycles. The number of pyridine rings is 1. The number of aromatic nitrogens is 2. The van der Waals surface area contributed by atoms with Crippen molar-refractivity contribution in [2.75, 3.05) is 57.4 Å². The Hall–Kier alpha value is -2.81. The normalized spacial score (nSPS) is 17.3. The van der Waals surface area contributed by atoms with Crippen molar-refractivity contribution in [1.82, 2.24) is 19.8 Å². The van der Waals surface area contributed by atoms with Gasteiger partial charge in [0.15, 0.2) is 0 Å². The van der Waals surface area contributed by atoms with E-state index in [1.165, 1.54) is 5.56 Å². The van der Waals surface area contributed by atoms with E-state index in [2.05, 4.69) is 39.0 Å². The van der Waals surface area contributed by atoms with Crippen LogP contribution in [0.3, 0.4) is 0 Å². The number of amides is 1. The van der Waals surface area contributed by atoms with Gasteiger partial charge < -0.3 is 14.5 Å². The summed E-state index contributed by atoms with van der Waals surface area (Å²) in [7, 11) is 0. The number of thiazole rings is 1. The molecule has 2 aliphatic rings. The van der Waals surface area contributed by atoms with Crippen LogP contribution in [0.5, 0.6) is 0 Å². The molecule has 3 aromatic rings. The maximum atomic E-state index is 12.9. The van der Waals surface area contributed by atoms with E-state index in [1.54, 1.807) is 11.3 Å². The molecule has 0 spiro atoms. The van der Waals surface area contributed by atoms with Crippen molar-refractivity contribution in [2.24, 2.45) is 0 Å². The molecule has 0 atom stereocenters. The van der Waals surface area contributed by atoms with Crippen LogP contribution in [-0.4, -0.2) is 78.2 Å². The van der Waals surface area contributed by atoms with Crippen LogP contribution in [0.4, 0.5) is 5.82 Å². The van der Waals surface area contributed by atoms with Gasteiger partial charge in [0.25, 0.3) is 0 Å². The first-order valence-corrected chi connectivity index (χ1v) is 12.4. The number of hydrogen-bond acceptors (Lipinski definition) is 7. The lowest BCUT2D eigenvalue weighted by molar-refractivity contribution is -0.130. The molecule has 0 unspecified atom stereocenters. The minimum atomic E-state index is 0.147. The van der Waals surface area contributed by atoms with Gasteiger partial charge in [0, 0.05) is 63.0 Å². The Labute approximate surface area is 198 Å². The van der Waals surface area contributed by atoms with E-state index >= 15 is 0 Å². The molecular formula is C25H29N5O2S. The number of carbonyl (C=O) groups excluding carboxylic acids is 1. The van der Waals surface area contributed by atoms with Gasteiger partial charge in [-0.15, -0.1) is 11.3 Å². The molecule has 8 heteroatoms. The largest absolute Gasteiger partial charge is 0.379 e. The fraction of sp³-hybridized carbons (Fsp3) is 0.400. The quantitative estimate of drug-likeness (QED) is 0.560. The molecule has 1 aromatic carbocycles. The molecule has 7 nitrogen and oxygen atoms in total. The van der Waals surface area contributed by atoms with E-state index in [-0.39, 0.29) is 5.91 Å². The van der Waals surface area contributed by atoms with E-state index < -0.39 is 0 Å². The lowest BCUT2D eigenvalue weighted by Crippen LogP contribution is -2.49. The Bertz CT molecular complexity index is 1060. The van der Waals surface area contributed by atoms with Crippen LogP contribution in [0.1, 0.15) is 11.3 Å². The van der Waals surface area contributed by atoms with E-state index in [0.29, 0.717) is 6.42 Å². The van der Waals surface area contributed by atoms with E-state index in [0.717, 1.165) is 81.1 Å². The van der Waals surface area contributed by atoms with E-state index in [9.17, 15) is 4.79 Å². The standard InChI is InChI=1S/C25H29N5O2S/c31-24(30-10-8-29(9-11-30)23-6-1-2-7-26-23)17-22-19-33-25(27-22)21-5-3-4-20(16-21)18-28-12-14-32-15-13-28/h1-7,16,19H,8-15,17-18H2. The molecule has 1 amide bonds. The van der Waals surface area contributed by atoms with Gasteiger partial charge in [0.05, 0.1) is 25.3 Å². The first-order chi connectivity index (χ1) is 16.2. The number of piperazine rings is 1. The summed E-state index contributed by atoms with van der Waals surface area (Å²) in [5, 5.41) is 2.99. The number of benzene rings is 1. The molecule has 0 aliphatic carbocycles. The van der Waals surface area contributed by atoms with E-state index in [1.807, 2.05) is 34.7 Å². The second kappa shape index (κ2) is 10.4. The maximum Gasteiger partial charge on any atom is 0.228 e. The Kier molecular flexibility index (Phi) is 6.95. The molecule has 2 fully saturated rings. The molecule has 0 N–H and O–H groups in total. The molecule has 33 heavy (non-hydrogen) atoms. The second-order valence-electron chi connectivity index (χ2n) is 8.47. The van der Waals surface area contributed by atoms with Crippen molar-refractivity contribution in [3.05, 3.63) is 65.3 Å². The topological polar surface area (TPSA) is 61.8 Å². The highest BCUT2D eigenvalue weighted by Gasteiger charge is 2.22. The number of anilines is 1. The third kappa shape index (κ3) is 5.58. The third-order valence-corrected chi connectivity index (χ3v) is 7.11. The smallest absolute Gasteiger partial charge is 0.228 e. The zero-order valence-electron chi connectivity index (χ0n) is 18.7. The third-order valence-electron chi connectivity index (χ3n) is 6.17. The summed E-state index contributed by atoms with van der Waals surface area (Å²) in [6, 6.07) is 14.5. The highest BCUT2D eigenvalue weighted by atomic mass is 32.1. The number of carbonyl (C=O) groups is 1. The van der Waals surface area contributed by atoms with Gasteiger partial charge in [-0.3, -0.25) is 9.69 Å². The van der Waals surface area contributed by atoms with Gasteiger partial charge in [-0.25, -0.2) is 9.97 Å². The molecule has 2 saturated heterocycles. The summed E-state index contributed by atoms with van der Waals surface area (Å²) in [6.45, 7) is 7.55. The molecule has 2 aromatic heterocycles. The van der Waals surface area contributed by atoms with Gasteiger partial charge in [0.1, 0.15) is 10.8 Å². The Morgan fingerprint density at radius 2 is 1.85 bits per heavy atom. The lowest BCUT2D eigenvalue weighted by Gasteiger charge is -2.35. The van der Waals surface area contributed by atoms with Crippen LogP contribution in [0.15, 0.2) is 54.0 Å². The Morgan fingerprint density at radius 3 is 2.64 bits per heavy atom. The van der Waals surface area contributed by atoms with Gasteiger partial charge in [-0.2, -0.15) is 0 Å². The monoisotopic (exact) mass is 463 g/mol. The number of morpholine rings is 1. The fourth-order valence-electron chi connectivity index (χ4n) is 4.33. The Balaban J connectivity index is 1.16. The lowest BCUT2D eigenvalue weighted by atomic mass is 10.1. The molecule has 0 saturated carbocycles. The number of nitrogens with zero attached hydrogens (tertiary/aromatic N) is 5. The van der Waals surface area contributed by atoms with Crippen LogP contribution >= 0.6 is 11.3 Å². The average molecular weight is 464 g/mol. The molecular weight excluding hydrogens is 434 g/mol. The van der Waals surface area contributed by atoms with Gasteiger partial charge in [-0.1, -0.05) is 24.3 Å². The number of rotatable bonds is 6. The second-order valence-corrected chi connectivity index (χ2v) is 9.32. The maximum absolute atomic E-state index is 12.9. The highest BCUT2D eigenvalue weighted by Crippen LogP contribution is 2.26. The summed E-state index contributed by atoms with van der Waals surface area (Å²) >= 11 is 1.61. The minimum absolute atomic E-state index is 0.147. The predicted octanol–water partition coefficient (Wildman–Crippen LogP) is 2.93.